The zero-order chi connectivity index (χ0) is 13.8. The number of primary amides is 1. The second kappa shape index (κ2) is 5.53. The summed E-state index contributed by atoms with van der Waals surface area (Å²) in [6, 6.07) is 6.28. The number of amides is 3. The molecule has 98 valence electrons. The van der Waals surface area contributed by atoms with Gasteiger partial charge in [-0.1, -0.05) is 32.9 Å². The molecule has 0 atom stereocenters. The maximum absolute atomic E-state index is 11.7. The number of nitrogens with one attached hydrogen (secondary N) is 2. The molecule has 0 aliphatic carbocycles. The van der Waals surface area contributed by atoms with E-state index in [9.17, 15) is 9.59 Å². The molecule has 0 aromatic heterocycles. The van der Waals surface area contributed by atoms with Gasteiger partial charge in [0.05, 0.1) is 11.3 Å². The first kappa shape index (κ1) is 14.0. The van der Waals surface area contributed by atoms with Crippen LogP contribution in [-0.2, 0) is 0 Å². The van der Waals surface area contributed by atoms with Crippen LogP contribution in [0.25, 0.3) is 0 Å². The fourth-order valence-electron chi connectivity index (χ4n) is 1.32. The summed E-state index contributed by atoms with van der Waals surface area (Å²) in [5.41, 5.74) is 5.93. The van der Waals surface area contributed by atoms with E-state index in [-0.39, 0.29) is 11.4 Å². The molecule has 5 heteroatoms. The minimum Gasteiger partial charge on any atom is -0.366 e. The maximum Gasteiger partial charge on any atom is 0.319 e. The Balaban J connectivity index is 2.68. The van der Waals surface area contributed by atoms with Gasteiger partial charge in [-0.25, -0.2) is 4.79 Å². The van der Waals surface area contributed by atoms with Crippen molar-refractivity contribution >= 4 is 17.6 Å². The molecule has 5 nitrogen and oxygen atoms in total. The smallest absolute Gasteiger partial charge is 0.319 e. The van der Waals surface area contributed by atoms with Crippen LogP contribution in [0.4, 0.5) is 10.5 Å². The highest BCUT2D eigenvalue weighted by Gasteiger charge is 2.13. The summed E-state index contributed by atoms with van der Waals surface area (Å²) >= 11 is 0. The van der Waals surface area contributed by atoms with E-state index in [0.29, 0.717) is 17.8 Å². The molecule has 1 aromatic rings. The van der Waals surface area contributed by atoms with E-state index in [2.05, 4.69) is 10.6 Å². The summed E-state index contributed by atoms with van der Waals surface area (Å²) < 4.78 is 0. The van der Waals surface area contributed by atoms with Crippen molar-refractivity contribution in [3.63, 3.8) is 0 Å². The van der Waals surface area contributed by atoms with Crippen molar-refractivity contribution in [1.29, 1.82) is 0 Å². The quantitative estimate of drug-likeness (QED) is 0.765. The molecule has 0 aliphatic rings. The van der Waals surface area contributed by atoms with Crippen molar-refractivity contribution < 1.29 is 9.59 Å². The van der Waals surface area contributed by atoms with Crippen LogP contribution in [-0.4, -0.2) is 18.5 Å². The fraction of sp³-hybridized carbons (Fsp3) is 0.385. The van der Waals surface area contributed by atoms with Crippen LogP contribution < -0.4 is 16.4 Å². The lowest BCUT2D eigenvalue weighted by Gasteiger charge is -2.19. The summed E-state index contributed by atoms with van der Waals surface area (Å²) in [6.45, 7) is 6.59. The summed E-state index contributed by atoms with van der Waals surface area (Å²) in [5, 5.41) is 5.35. The summed E-state index contributed by atoms with van der Waals surface area (Å²) in [4.78, 5) is 22.8. The van der Waals surface area contributed by atoms with Gasteiger partial charge in [-0.05, 0) is 17.5 Å². The van der Waals surface area contributed by atoms with E-state index in [1.165, 1.54) is 0 Å². The Labute approximate surface area is 107 Å². The van der Waals surface area contributed by atoms with Crippen molar-refractivity contribution in [3.8, 4) is 0 Å². The summed E-state index contributed by atoms with van der Waals surface area (Å²) in [7, 11) is 0. The predicted molar refractivity (Wildman–Crippen MR) is 71.4 cm³/mol. The number of benzene rings is 1. The van der Waals surface area contributed by atoms with Crippen molar-refractivity contribution in [1.82, 2.24) is 5.32 Å². The van der Waals surface area contributed by atoms with Crippen LogP contribution in [0.15, 0.2) is 24.3 Å². The van der Waals surface area contributed by atoms with Gasteiger partial charge >= 0.3 is 6.03 Å². The SMILES string of the molecule is CC(C)(C)CNC(=O)Nc1ccccc1C(N)=O. The number of carbonyl (C=O) groups excluding carboxylic acids is 2. The highest BCUT2D eigenvalue weighted by molar-refractivity contribution is 6.02. The largest absolute Gasteiger partial charge is 0.366 e. The van der Waals surface area contributed by atoms with E-state index < -0.39 is 5.91 Å². The van der Waals surface area contributed by atoms with E-state index in [4.69, 9.17) is 5.73 Å². The van der Waals surface area contributed by atoms with E-state index in [1.807, 2.05) is 20.8 Å². The van der Waals surface area contributed by atoms with Gasteiger partial charge in [-0.2, -0.15) is 0 Å². The minimum absolute atomic E-state index is 0.000540. The van der Waals surface area contributed by atoms with E-state index in [0.717, 1.165) is 0 Å². The molecule has 0 bridgehead atoms. The molecule has 0 radical (unpaired) electrons. The normalized spacial score (nSPS) is 10.8. The highest BCUT2D eigenvalue weighted by atomic mass is 16.2. The zero-order valence-electron chi connectivity index (χ0n) is 10.9. The van der Waals surface area contributed by atoms with Crippen molar-refractivity contribution in [2.45, 2.75) is 20.8 Å². The van der Waals surface area contributed by atoms with Gasteiger partial charge in [-0.15, -0.1) is 0 Å². The third-order valence-corrected chi connectivity index (χ3v) is 2.22. The van der Waals surface area contributed by atoms with Gasteiger partial charge in [0, 0.05) is 6.54 Å². The third kappa shape index (κ3) is 4.45. The Kier molecular flexibility index (Phi) is 4.31. The number of para-hydroxylation sites is 1. The topological polar surface area (TPSA) is 84.2 Å². The molecular formula is C13H19N3O2. The number of carbonyl (C=O) groups is 2. The molecule has 18 heavy (non-hydrogen) atoms. The molecule has 4 N–H and O–H groups in total. The molecule has 0 fully saturated rings. The minimum atomic E-state index is -0.568. The van der Waals surface area contributed by atoms with Crippen LogP contribution in [0.5, 0.6) is 0 Å². The third-order valence-electron chi connectivity index (χ3n) is 2.22. The molecule has 0 heterocycles. The predicted octanol–water partition coefficient (Wildman–Crippen LogP) is 1.95. The first-order chi connectivity index (χ1) is 8.29. The molecule has 0 saturated heterocycles. The first-order valence-corrected chi connectivity index (χ1v) is 5.73. The molecule has 0 aliphatic heterocycles. The maximum atomic E-state index is 11.7. The number of rotatable bonds is 3. The van der Waals surface area contributed by atoms with Gasteiger partial charge < -0.3 is 16.4 Å². The van der Waals surface area contributed by atoms with E-state index in [1.54, 1.807) is 24.3 Å². The molecule has 0 saturated carbocycles. The van der Waals surface area contributed by atoms with Gasteiger partial charge in [0.25, 0.3) is 5.91 Å². The van der Waals surface area contributed by atoms with Gasteiger partial charge in [0.15, 0.2) is 0 Å². The lowest BCUT2D eigenvalue weighted by Crippen LogP contribution is -2.35. The Hall–Kier alpha value is -2.04. The number of hydrogen-bond donors (Lipinski definition) is 3. The second-order valence-corrected chi connectivity index (χ2v) is 5.28. The average molecular weight is 249 g/mol. The Morgan fingerprint density at radius 1 is 1.22 bits per heavy atom. The number of urea groups is 1. The van der Waals surface area contributed by atoms with Gasteiger partial charge in [0.1, 0.15) is 0 Å². The van der Waals surface area contributed by atoms with Crippen LogP contribution >= 0.6 is 0 Å². The highest BCUT2D eigenvalue weighted by Crippen LogP contribution is 2.14. The van der Waals surface area contributed by atoms with Crippen molar-refractivity contribution in [2.24, 2.45) is 11.1 Å². The standard InChI is InChI=1S/C13H19N3O2/c1-13(2,3)8-15-12(18)16-10-7-5-4-6-9(10)11(14)17/h4-7H,8H2,1-3H3,(H2,14,17)(H2,15,16,18). The van der Waals surface area contributed by atoms with Crippen LogP contribution in [0.3, 0.4) is 0 Å². The van der Waals surface area contributed by atoms with Crippen molar-refractivity contribution in [3.05, 3.63) is 29.8 Å². The first-order valence-electron chi connectivity index (χ1n) is 5.73. The molecule has 1 rings (SSSR count). The summed E-state index contributed by atoms with van der Waals surface area (Å²) in [6.07, 6.45) is 0. The van der Waals surface area contributed by atoms with E-state index >= 15 is 0 Å². The second-order valence-electron chi connectivity index (χ2n) is 5.28. The fourth-order valence-corrected chi connectivity index (χ4v) is 1.32. The molecule has 0 unspecified atom stereocenters. The number of nitrogens with two attached hydrogens (primary N) is 1. The van der Waals surface area contributed by atoms with Crippen LogP contribution in [0, 0.1) is 5.41 Å². The molecule has 0 spiro atoms. The average Bonchev–Trinajstić information content (AvgIpc) is 2.26. The molecule has 1 aromatic carbocycles. The number of anilines is 1. The van der Waals surface area contributed by atoms with Gasteiger partial charge in [0.2, 0.25) is 0 Å². The number of hydrogen-bond acceptors (Lipinski definition) is 2. The van der Waals surface area contributed by atoms with Crippen molar-refractivity contribution in [2.75, 3.05) is 11.9 Å². The van der Waals surface area contributed by atoms with Gasteiger partial charge in [-0.3, -0.25) is 4.79 Å². The Morgan fingerprint density at radius 3 is 2.39 bits per heavy atom. The Bertz CT molecular complexity index is 450. The Morgan fingerprint density at radius 2 is 1.83 bits per heavy atom. The monoisotopic (exact) mass is 249 g/mol. The molecule has 3 amide bonds. The summed E-state index contributed by atoms with van der Waals surface area (Å²) in [5.74, 6) is -0.568. The lowest BCUT2D eigenvalue weighted by molar-refractivity contribution is 0.100. The van der Waals surface area contributed by atoms with Crippen LogP contribution in [0.1, 0.15) is 31.1 Å². The van der Waals surface area contributed by atoms with Crippen LogP contribution in [0.2, 0.25) is 0 Å². The lowest BCUT2D eigenvalue weighted by atomic mass is 9.97. The zero-order valence-corrected chi connectivity index (χ0v) is 10.9. The molecular weight excluding hydrogens is 230 g/mol.